The highest BCUT2D eigenvalue weighted by Gasteiger charge is 2.42. The van der Waals surface area contributed by atoms with Crippen LogP contribution in [0.25, 0.3) is 0 Å². The predicted octanol–water partition coefficient (Wildman–Crippen LogP) is 1.49. The molecule has 4 nitrogen and oxygen atoms in total. The Bertz CT molecular complexity index is 334. The van der Waals surface area contributed by atoms with Crippen molar-refractivity contribution in [2.45, 2.75) is 19.6 Å². The summed E-state index contributed by atoms with van der Waals surface area (Å²) in [6, 6.07) is 8.38. The van der Waals surface area contributed by atoms with Crippen LogP contribution in [0.4, 0.5) is 0 Å². The van der Waals surface area contributed by atoms with E-state index in [1.165, 1.54) is 0 Å². The predicted molar refractivity (Wildman–Crippen MR) is 54.5 cm³/mol. The van der Waals surface area contributed by atoms with Gasteiger partial charge in [-0.15, -0.1) is 0 Å². The second kappa shape index (κ2) is 4.31. The molecular formula is C11H14O4. The molecule has 82 valence electrons. The van der Waals surface area contributed by atoms with Crippen molar-refractivity contribution in [2.75, 3.05) is 0 Å². The van der Waals surface area contributed by atoms with E-state index in [-0.39, 0.29) is 0 Å². The lowest BCUT2D eigenvalue weighted by molar-refractivity contribution is -0.207. The van der Waals surface area contributed by atoms with Gasteiger partial charge in [-0.25, -0.2) is 4.79 Å². The van der Waals surface area contributed by atoms with Crippen molar-refractivity contribution in [2.24, 2.45) is 5.92 Å². The Morgan fingerprint density at radius 3 is 2.27 bits per heavy atom. The average molecular weight is 210 g/mol. The van der Waals surface area contributed by atoms with E-state index in [0.29, 0.717) is 5.75 Å². The summed E-state index contributed by atoms with van der Waals surface area (Å²) >= 11 is 0. The van der Waals surface area contributed by atoms with Crippen molar-refractivity contribution in [1.82, 2.24) is 0 Å². The maximum Gasteiger partial charge on any atom is 0.377 e. The molecule has 0 fully saturated rings. The summed E-state index contributed by atoms with van der Waals surface area (Å²) in [6.07, 6.45) is 0. The van der Waals surface area contributed by atoms with Crippen LogP contribution in [0.2, 0.25) is 0 Å². The van der Waals surface area contributed by atoms with E-state index >= 15 is 0 Å². The van der Waals surface area contributed by atoms with Gasteiger partial charge < -0.3 is 14.9 Å². The molecular weight excluding hydrogens is 196 g/mol. The van der Waals surface area contributed by atoms with Gasteiger partial charge in [0.2, 0.25) is 0 Å². The molecule has 0 spiro atoms. The van der Waals surface area contributed by atoms with Gasteiger partial charge in [0.05, 0.1) is 0 Å². The Labute approximate surface area is 88.1 Å². The summed E-state index contributed by atoms with van der Waals surface area (Å²) in [5.41, 5.74) is 0. The molecule has 0 saturated carbocycles. The number of hydrogen-bond acceptors (Lipinski definition) is 3. The van der Waals surface area contributed by atoms with Gasteiger partial charge in [-0.05, 0) is 12.1 Å². The molecule has 0 saturated heterocycles. The monoisotopic (exact) mass is 210 g/mol. The first-order valence-corrected chi connectivity index (χ1v) is 4.66. The highest BCUT2D eigenvalue weighted by atomic mass is 16.6. The molecule has 0 heterocycles. The Kier molecular flexibility index (Phi) is 3.31. The normalized spacial score (nSPS) is 14.7. The fraction of sp³-hybridized carbons (Fsp3) is 0.364. The minimum atomic E-state index is -2.18. The Morgan fingerprint density at radius 2 is 1.87 bits per heavy atom. The van der Waals surface area contributed by atoms with Crippen LogP contribution in [0.3, 0.4) is 0 Å². The van der Waals surface area contributed by atoms with Gasteiger partial charge in [0.15, 0.2) is 0 Å². The zero-order chi connectivity index (χ0) is 11.5. The number of carboxylic acids is 1. The largest absolute Gasteiger partial charge is 0.476 e. The molecule has 0 aliphatic heterocycles. The van der Waals surface area contributed by atoms with Crippen LogP contribution >= 0.6 is 0 Å². The number of ether oxygens (including phenoxy) is 1. The van der Waals surface area contributed by atoms with Crippen LogP contribution < -0.4 is 4.74 Å². The average Bonchev–Trinajstić information content (AvgIpc) is 2.18. The highest BCUT2D eigenvalue weighted by Crippen LogP contribution is 2.23. The van der Waals surface area contributed by atoms with Crippen LogP contribution in [0.15, 0.2) is 30.3 Å². The number of rotatable bonds is 4. The van der Waals surface area contributed by atoms with Gasteiger partial charge in [-0.1, -0.05) is 32.0 Å². The third kappa shape index (κ3) is 2.47. The molecule has 1 aromatic rings. The van der Waals surface area contributed by atoms with Gasteiger partial charge in [0.1, 0.15) is 5.75 Å². The summed E-state index contributed by atoms with van der Waals surface area (Å²) in [5.74, 6) is -3.78. The second-order valence-electron chi connectivity index (χ2n) is 3.57. The molecule has 0 aromatic heterocycles. The fourth-order valence-electron chi connectivity index (χ4n) is 1.08. The van der Waals surface area contributed by atoms with Crippen molar-refractivity contribution in [3.05, 3.63) is 30.3 Å². The van der Waals surface area contributed by atoms with E-state index in [0.717, 1.165) is 0 Å². The standard InChI is InChI=1S/C11H14O4/c1-8(2)11(14,10(12)13)15-9-6-4-3-5-7-9/h3-8,14H,1-2H3,(H,12,13). The fourth-order valence-corrected chi connectivity index (χ4v) is 1.08. The first kappa shape index (κ1) is 11.5. The lowest BCUT2D eigenvalue weighted by Crippen LogP contribution is -2.49. The SMILES string of the molecule is CC(C)C(O)(Oc1ccccc1)C(=O)O. The summed E-state index contributed by atoms with van der Waals surface area (Å²) in [4.78, 5) is 10.9. The molecule has 2 N–H and O–H groups in total. The number of hydrogen-bond donors (Lipinski definition) is 2. The minimum absolute atomic E-state index is 0.330. The number of para-hydroxylation sites is 1. The summed E-state index contributed by atoms with van der Waals surface area (Å²) in [6.45, 7) is 3.16. The molecule has 4 heteroatoms. The number of benzene rings is 1. The molecule has 0 aliphatic carbocycles. The first-order valence-electron chi connectivity index (χ1n) is 4.66. The second-order valence-corrected chi connectivity index (χ2v) is 3.57. The van der Waals surface area contributed by atoms with E-state index in [1.807, 2.05) is 0 Å². The maximum atomic E-state index is 10.9. The van der Waals surface area contributed by atoms with E-state index in [9.17, 15) is 9.90 Å². The van der Waals surface area contributed by atoms with Crippen LogP contribution in [0.5, 0.6) is 5.75 Å². The molecule has 1 aromatic carbocycles. The lowest BCUT2D eigenvalue weighted by Gasteiger charge is -2.27. The highest BCUT2D eigenvalue weighted by molar-refractivity contribution is 5.76. The van der Waals surface area contributed by atoms with E-state index < -0.39 is 17.7 Å². The Hall–Kier alpha value is -1.55. The van der Waals surface area contributed by atoms with Crippen LogP contribution in [-0.4, -0.2) is 22.0 Å². The van der Waals surface area contributed by atoms with E-state index in [2.05, 4.69) is 0 Å². The molecule has 0 radical (unpaired) electrons. The zero-order valence-electron chi connectivity index (χ0n) is 8.68. The lowest BCUT2D eigenvalue weighted by atomic mass is 10.0. The number of aliphatic carboxylic acids is 1. The number of carboxylic acid groups (broad SMARTS) is 1. The number of carbonyl (C=O) groups is 1. The third-order valence-electron chi connectivity index (χ3n) is 2.11. The zero-order valence-corrected chi connectivity index (χ0v) is 8.68. The van der Waals surface area contributed by atoms with Crippen LogP contribution in [0.1, 0.15) is 13.8 Å². The minimum Gasteiger partial charge on any atom is -0.476 e. The topological polar surface area (TPSA) is 66.8 Å². The molecule has 0 aliphatic rings. The quantitative estimate of drug-likeness (QED) is 0.739. The molecule has 1 unspecified atom stereocenters. The van der Waals surface area contributed by atoms with Gasteiger partial charge in [-0.3, -0.25) is 0 Å². The van der Waals surface area contributed by atoms with Crippen LogP contribution in [0, 0.1) is 5.92 Å². The Balaban J connectivity index is 2.90. The van der Waals surface area contributed by atoms with Crippen molar-refractivity contribution in [3.63, 3.8) is 0 Å². The van der Waals surface area contributed by atoms with Crippen molar-refractivity contribution < 1.29 is 19.7 Å². The number of aliphatic hydroxyl groups is 1. The van der Waals surface area contributed by atoms with Gasteiger partial charge in [0.25, 0.3) is 0 Å². The summed E-state index contributed by atoms with van der Waals surface area (Å²) < 4.78 is 5.08. The van der Waals surface area contributed by atoms with Crippen molar-refractivity contribution in [3.8, 4) is 5.75 Å². The van der Waals surface area contributed by atoms with E-state index in [4.69, 9.17) is 9.84 Å². The maximum absolute atomic E-state index is 10.9. The van der Waals surface area contributed by atoms with Gasteiger partial charge in [0, 0.05) is 5.92 Å². The molecule has 15 heavy (non-hydrogen) atoms. The van der Waals surface area contributed by atoms with Crippen molar-refractivity contribution >= 4 is 5.97 Å². The Morgan fingerprint density at radius 1 is 1.33 bits per heavy atom. The molecule has 1 rings (SSSR count). The van der Waals surface area contributed by atoms with Crippen LogP contribution in [-0.2, 0) is 4.79 Å². The first-order chi connectivity index (χ1) is 6.97. The van der Waals surface area contributed by atoms with Gasteiger partial charge >= 0.3 is 11.8 Å². The molecule has 0 bridgehead atoms. The van der Waals surface area contributed by atoms with E-state index in [1.54, 1.807) is 44.2 Å². The third-order valence-corrected chi connectivity index (χ3v) is 2.11. The molecule has 0 amide bonds. The summed E-state index contributed by atoms with van der Waals surface area (Å²) in [7, 11) is 0. The summed E-state index contributed by atoms with van der Waals surface area (Å²) in [5, 5.41) is 18.7. The molecule has 1 atom stereocenters. The van der Waals surface area contributed by atoms with Crippen molar-refractivity contribution in [1.29, 1.82) is 0 Å². The smallest absolute Gasteiger partial charge is 0.377 e. The van der Waals surface area contributed by atoms with Gasteiger partial charge in [-0.2, -0.15) is 0 Å².